The molecule has 1 aliphatic heterocycles. The van der Waals surface area contributed by atoms with Crippen LogP contribution in [0, 0.1) is 5.41 Å². The summed E-state index contributed by atoms with van der Waals surface area (Å²) < 4.78 is 23.3. The van der Waals surface area contributed by atoms with Crippen molar-refractivity contribution in [1.29, 1.82) is 5.41 Å². The van der Waals surface area contributed by atoms with Crippen molar-refractivity contribution in [3.8, 4) is 28.4 Å². The number of nitrogens with one attached hydrogen (secondary N) is 1. The summed E-state index contributed by atoms with van der Waals surface area (Å²) >= 11 is 0. The van der Waals surface area contributed by atoms with Gasteiger partial charge in [-0.25, -0.2) is 0 Å². The van der Waals surface area contributed by atoms with Gasteiger partial charge in [0.25, 0.3) is 0 Å². The SMILES string of the molecule is C=CCc1cc(-c2ccc(C(=N)N)cc2)ccc1OCCOc1cccc(OCCN2CCOCC2)c1. The van der Waals surface area contributed by atoms with Gasteiger partial charge in [0.05, 0.1) is 13.2 Å². The van der Waals surface area contributed by atoms with E-state index in [2.05, 4.69) is 17.5 Å². The summed E-state index contributed by atoms with van der Waals surface area (Å²) in [6.45, 7) is 9.73. The van der Waals surface area contributed by atoms with Gasteiger partial charge in [-0.05, 0) is 47.4 Å². The Hall–Kier alpha value is -3.81. The second-order valence-corrected chi connectivity index (χ2v) is 8.78. The van der Waals surface area contributed by atoms with Crippen LogP contribution in [-0.2, 0) is 11.2 Å². The molecule has 0 spiro atoms. The van der Waals surface area contributed by atoms with E-state index in [9.17, 15) is 0 Å². The summed E-state index contributed by atoms with van der Waals surface area (Å²) in [5.41, 5.74) is 9.45. The predicted molar refractivity (Wildman–Crippen MR) is 147 cm³/mol. The number of rotatable bonds is 13. The Balaban J connectivity index is 1.27. The van der Waals surface area contributed by atoms with Crippen molar-refractivity contribution in [3.05, 3.63) is 90.5 Å². The molecule has 0 aromatic heterocycles. The van der Waals surface area contributed by atoms with Crippen LogP contribution >= 0.6 is 0 Å². The lowest BCUT2D eigenvalue weighted by Crippen LogP contribution is -2.38. The summed E-state index contributed by atoms with van der Waals surface area (Å²) in [6, 6.07) is 21.5. The van der Waals surface area contributed by atoms with E-state index in [0.29, 0.717) is 31.8 Å². The number of nitrogens with zero attached hydrogens (tertiary/aromatic N) is 1. The average molecular weight is 502 g/mol. The van der Waals surface area contributed by atoms with Crippen LogP contribution in [0.2, 0.25) is 0 Å². The van der Waals surface area contributed by atoms with E-state index in [0.717, 1.165) is 66.8 Å². The summed E-state index contributed by atoms with van der Waals surface area (Å²) in [4.78, 5) is 2.35. The highest BCUT2D eigenvalue weighted by Gasteiger charge is 2.10. The summed E-state index contributed by atoms with van der Waals surface area (Å²) in [5.74, 6) is 2.43. The van der Waals surface area contributed by atoms with Crippen molar-refractivity contribution >= 4 is 5.84 Å². The first kappa shape index (κ1) is 26.3. The molecular formula is C30H35N3O4. The van der Waals surface area contributed by atoms with Crippen LogP contribution in [0.3, 0.4) is 0 Å². The van der Waals surface area contributed by atoms with E-state index in [-0.39, 0.29) is 5.84 Å². The smallest absolute Gasteiger partial charge is 0.123 e. The second-order valence-electron chi connectivity index (χ2n) is 8.78. The maximum Gasteiger partial charge on any atom is 0.123 e. The number of nitrogens with two attached hydrogens (primary N) is 1. The van der Waals surface area contributed by atoms with Gasteiger partial charge in [0.15, 0.2) is 0 Å². The quantitative estimate of drug-likeness (QED) is 0.155. The standard InChI is InChI=1S/C30H35N3O4/c1-2-4-26-21-25(23-7-9-24(10-8-23)30(31)32)11-12-29(26)37-20-19-36-28-6-3-5-27(22-28)35-18-15-33-13-16-34-17-14-33/h2-3,5-12,21-22H,1,4,13-20H2,(H3,31,32). The minimum Gasteiger partial charge on any atom is -0.492 e. The van der Waals surface area contributed by atoms with Gasteiger partial charge in [0, 0.05) is 31.3 Å². The molecule has 1 heterocycles. The minimum absolute atomic E-state index is 0.0629. The van der Waals surface area contributed by atoms with E-state index >= 15 is 0 Å². The first-order valence-electron chi connectivity index (χ1n) is 12.6. The molecule has 0 amide bonds. The van der Waals surface area contributed by atoms with Crippen molar-refractivity contribution in [3.63, 3.8) is 0 Å². The Morgan fingerprint density at radius 1 is 0.892 bits per heavy atom. The van der Waals surface area contributed by atoms with Gasteiger partial charge in [-0.2, -0.15) is 0 Å². The normalized spacial score (nSPS) is 13.6. The fourth-order valence-corrected chi connectivity index (χ4v) is 4.14. The lowest BCUT2D eigenvalue weighted by Gasteiger charge is -2.26. The number of benzene rings is 3. The molecule has 0 saturated carbocycles. The third kappa shape index (κ3) is 7.84. The molecule has 3 aromatic carbocycles. The van der Waals surface area contributed by atoms with Gasteiger partial charge in [0.2, 0.25) is 0 Å². The number of amidine groups is 1. The number of hydrogen-bond acceptors (Lipinski definition) is 6. The van der Waals surface area contributed by atoms with Crippen molar-refractivity contribution in [2.24, 2.45) is 5.73 Å². The van der Waals surface area contributed by atoms with Gasteiger partial charge >= 0.3 is 0 Å². The van der Waals surface area contributed by atoms with E-state index in [1.165, 1.54) is 0 Å². The molecule has 3 N–H and O–H groups in total. The Morgan fingerprint density at radius 2 is 1.57 bits per heavy atom. The molecule has 0 bridgehead atoms. The zero-order valence-corrected chi connectivity index (χ0v) is 21.2. The van der Waals surface area contributed by atoms with Crippen LogP contribution in [0.4, 0.5) is 0 Å². The first-order chi connectivity index (χ1) is 18.1. The highest BCUT2D eigenvalue weighted by molar-refractivity contribution is 5.95. The molecule has 0 unspecified atom stereocenters. The number of morpholine rings is 1. The summed E-state index contributed by atoms with van der Waals surface area (Å²) in [5, 5.41) is 7.56. The third-order valence-corrected chi connectivity index (χ3v) is 6.15. The van der Waals surface area contributed by atoms with E-state index < -0.39 is 0 Å². The van der Waals surface area contributed by atoms with Gasteiger partial charge in [-0.15, -0.1) is 6.58 Å². The first-order valence-corrected chi connectivity index (χ1v) is 12.6. The molecule has 7 nitrogen and oxygen atoms in total. The highest BCUT2D eigenvalue weighted by Crippen LogP contribution is 2.28. The number of hydrogen-bond donors (Lipinski definition) is 2. The van der Waals surface area contributed by atoms with Gasteiger partial charge in [0.1, 0.15) is 42.9 Å². The lowest BCUT2D eigenvalue weighted by atomic mass is 9.99. The molecule has 194 valence electrons. The fraction of sp³-hybridized carbons (Fsp3) is 0.300. The van der Waals surface area contributed by atoms with Crippen molar-refractivity contribution < 1.29 is 18.9 Å². The molecule has 3 aromatic rings. The summed E-state index contributed by atoms with van der Waals surface area (Å²) in [6.07, 6.45) is 2.56. The molecular weight excluding hydrogens is 466 g/mol. The lowest BCUT2D eigenvalue weighted by molar-refractivity contribution is 0.0322. The molecule has 1 aliphatic rings. The van der Waals surface area contributed by atoms with Crippen LogP contribution in [0.5, 0.6) is 17.2 Å². The van der Waals surface area contributed by atoms with Crippen LogP contribution in [0.25, 0.3) is 11.1 Å². The van der Waals surface area contributed by atoms with Gasteiger partial charge in [-0.1, -0.05) is 42.5 Å². The zero-order chi connectivity index (χ0) is 25.9. The number of nitrogen functional groups attached to an aromatic ring is 1. The number of allylic oxidation sites excluding steroid dienone is 1. The minimum atomic E-state index is 0.0629. The Bertz CT molecular complexity index is 1170. The Morgan fingerprint density at radius 3 is 2.27 bits per heavy atom. The molecule has 0 atom stereocenters. The molecule has 37 heavy (non-hydrogen) atoms. The van der Waals surface area contributed by atoms with Crippen LogP contribution in [0.1, 0.15) is 11.1 Å². The largest absolute Gasteiger partial charge is 0.492 e. The van der Waals surface area contributed by atoms with Crippen molar-refractivity contribution in [2.75, 3.05) is 52.7 Å². The molecule has 4 rings (SSSR count). The molecule has 7 heteroatoms. The van der Waals surface area contributed by atoms with Crippen molar-refractivity contribution in [2.45, 2.75) is 6.42 Å². The Kier molecular flexibility index (Phi) is 9.57. The van der Waals surface area contributed by atoms with E-state index in [1.54, 1.807) is 0 Å². The maximum atomic E-state index is 7.56. The van der Waals surface area contributed by atoms with Crippen molar-refractivity contribution in [1.82, 2.24) is 4.90 Å². The fourth-order valence-electron chi connectivity index (χ4n) is 4.14. The monoisotopic (exact) mass is 501 g/mol. The molecule has 1 saturated heterocycles. The van der Waals surface area contributed by atoms with Crippen LogP contribution in [0.15, 0.2) is 79.4 Å². The van der Waals surface area contributed by atoms with Gasteiger partial charge < -0.3 is 24.7 Å². The van der Waals surface area contributed by atoms with Gasteiger partial charge in [-0.3, -0.25) is 10.3 Å². The van der Waals surface area contributed by atoms with Crippen LogP contribution < -0.4 is 19.9 Å². The van der Waals surface area contributed by atoms with E-state index in [1.807, 2.05) is 66.7 Å². The molecule has 0 aliphatic carbocycles. The van der Waals surface area contributed by atoms with Crippen LogP contribution in [-0.4, -0.2) is 63.4 Å². The number of ether oxygens (including phenoxy) is 4. The second kappa shape index (κ2) is 13.5. The topological polar surface area (TPSA) is 90.0 Å². The van der Waals surface area contributed by atoms with E-state index in [4.69, 9.17) is 30.1 Å². The molecule has 1 fully saturated rings. The maximum absolute atomic E-state index is 7.56. The third-order valence-electron chi connectivity index (χ3n) is 6.15. The predicted octanol–water partition coefficient (Wildman–Crippen LogP) is 4.53. The molecule has 0 radical (unpaired) electrons. The summed E-state index contributed by atoms with van der Waals surface area (Å²) in [7, 11) is 0. The Labute approximate surface area is 218 Å². The average Bonchev–Trinajstić information content (AvgIpc) is 2.93. The highest BCUT2D eigenvalue weighted by atomic mass is 16.5. The zero-order valence-electron chi connectivity index (χ0n) is 21.2.